The molecule has 1 aliphatic carbocycles. The Labute approximate surface area is 91.5 Å². The van der Waals surface area contributed by atoms with Crippen LogP contribution in [0, 0.1) is 5.41 Å². The molecule has 1 saturated heterocycles. The van der Waals surface area contributed by atoms with Crippen molar-refractivity contribution >= 4 is 5.97 Å². The van der Waals surface area contributed by atoms with Gasteiger partial charge in [-0.15, -0.1) is 0 Å². The Morgan fingerprint density at radius 1 is 1.20 bits per heavy atom. The second-order valence-electron chi connectivity index (χ2n) is 5.26. The molecular weight excluding hydrogens is 190 g/mol. The maximum Gasteiger partial charge on any atom is 0.320 e. The average Bonchev–Trinajstić information content (AvgIpc) is 2.67. The van der Waals surface area contributed by atoms with Gasteiger partial charge in [-0.05, 0) is 51.1 Å². The lowest BCUT2D eigenvalue weighted by Gasteiger charge is -2.40. The Kier molecular flexibility index (Phi) is 3.01. The number of aliphatic carboxylic acids is 1. The second-order valence-corrected chi connectivity index (χ2v) is 5.26. The maximum atomic E-state index is 10.9. The van der Waals surface area contributed by atoms with Crippen LogP contribution in [0.4, 0.5) is 0 Å². The normalized spacial score (nSPS) is 28.1. The van der Waals surface area contributed by atoms with Crippen LogP contribution in [0.2, 0.25) is 0 Å². The van der Waals surface area contributed by atoms with Crippen molar-refractivity contribution < 1.29 is 9.90 Å². The zero-order chi connectivity index (χ0) is 10.9. The molecule has 2 aliphatic rings. The first-order valence-corrected chi connectivity index (χ1v) is 6.10. The summed E-state index contributed by atoms with van der Waals surface area (Å²) in [5, 5.41) is 8.95. The number of rotatable bonds is 2. The van der Waals surface area contributed by atoms with Crippen molar-refractivity contribution in [3.8, 4) is 0 Å². The molecule has 1 atom stereocenters. The summed E-state index contributed by atoms with van der Waals surface area (Å²) in [4.78, 5) is 13.0. The molecular formula is C12H21NO2. The summed E-state index contributed by atoms with van der Waals surface area (Å²) in [5.74, 6) is -0.683. The lowest BCUT2D eigenvalue weighted by molar-refractivity contribution is -0.143. The molecule has 1 unspecified atom stereocenters. The standard InChI is InChI=1S/C12H21NO2/c1-10(11(14)15)13-8-6-12(7-9-13)4-2-3-5-12/h10H,2-9H2,1H3,(H,14,15). The number of carbonyl (C=O) groups is 1. The van der Waals surface area contributed by atoms with E-state index in [0.717, 1.165) is 13.1 Å². The highest BCUT2D eigenvalue weighted by molar-refractivity contribution is 5.72. The zero-order valence-corrected chi connectivity index (χ0v) is 9.54. The average molecular weight is 211 g/mol. The molecule has 15 heavy (non-hydrogen) atoms. The van der Waals surface area contributed by atoms with Crippen molar-refractivity contribution in [2.45, 2.75) is 51.5 Å². The van der Waals surface area contributed by atoms with Crippen LogP contribution in [0.15, 0.2) is 0 Å². The largest absolute Gasteiger partial charge is 0.480 e. The third kappa shape index (κ3) is 2.17. The van der Waals surface area contributed by atoms with Crippen LogP contribution in [0.3, 0.4) is 0 Å². The molecule has 0 aromatic heterocycles. The summed E-state index contributed by atoms with van der Waals surface area (Å²) in [6.45, 7) is 3.76. The van der Waals surface area contributed by atoms with Gasteiger partial charge in [0.1, 0.15) is 6.04 Å². The maximum absolute atomic E-state index is 10.9. The third-order valence-corrected chi connectivity index (χ3v) is 4.43. The molecule has 1 N–H and O–H groups in total. The van der Waals surface area contributed by atoms with Gasteiger partial charge in [-0.3, -0.25) is 9.69 Å². The summed E-state index contributed by atoms with van der Waals surface area (Å²) in [5.41, 5.74) is 0.592. The van der Waals surface area contributed by atoms with Gasteiger partial charge in [-0.2, -0.15) is 0 Å². The van der Waals surface area contributed by atoms with Crippen LogP contribution in [-0.4, -0.2) is 35.1 Å². The molecule has 1 aliphatic heterocycles. The second kappa shape index (κ2) is 4.12. The van der Waals surface area contributed by atoms with Gasteiger partial charge in [0.2, 0.25) is 0 Å². The van der Waals surface area contributed by atoms with Gasteiger partial charge in [0.25, 0.3) is 0 Å². The molecule has 0 aromatic rings. The minimum atomic E-state index is -0.683. The molecule has 1 spiro atoms. The Balaban J connectivity index is 1.89. The fraction of sp³-hybridized carbons (Fsp3) is 0.917. The number of piperidine rings is 1. The first-order valence-electron chi connectivity index (χ1n) is 6.10. The molecule has 2 fully saturated rings. The van der Waals surface area contributed by atoms with Crippen molar-refractivity contribution in [3.63, 3.8) is 0 Å². The van der Waals surface area contributed by atoms with E-state index in [0.29, 0.717) is 5.41 Å². The molecule has 0 radical (unpaired) electrons. The summed E-state index contributed by atoms with van der Waals surface area (Å²) < 4.78 is 0. The van der Waals surface area contributed by atoms with E-state index in [-0.39, 0.29) is 6.04 Å². The van der Waals surface area contributed by atoms with Crippen LogP contribution >= 0.6 is 0 Å². The van der Waals surface area contributed by atoms with Gasteiger partial charge in [0.15, 0.2) is 0 Å². The monoisotopic (exact) mass is 211 g/mol. The molecule has 0 aromatic carbocycles. The first-order chi connectivity index (χ1) is 7.13. The number of carboxylic acids is 1. The van der Waals surface area contributed by atoms with Crippen molar-refractivity contribution in [2.24, 2.45) is 5.41 Å². The van der Waals surface area contributed by atoms with E-state index in [1.165, 1.54) is 38.5 Å². The fourth-order valence-corrected chi connectivity index (χ4v) is 3.17. The summed E-state index contributed by atoms with van der Waals surface area (Å²) in [6, 6.07) is -0.302. The van der Waals surface area contributed by atoms with E-state index in [1.54, 1.807) is 6.92 Å². The van der Waals surface area contributed by atoms with Gasteiger partial charge in [-0.1, -0.05) is 12.8 Å². The van der Waals surface area contributed by atoms with Gasteiger partial charge in [0, 0.05) is 0 Å². The summed E-state index contributed by atoms with van der Waals surface area (Å²) in [7, 11) is 0. The molecule has 86 valence electrons. The van der Waals surface area contributed by atoms with Crippen LogP contribution < -0.4 is 0 Å². The highest BCUT2D eigenvalue weighted by atomic mass is 16.4. The highest BCUT2D eigenvalue weighted by Crippen LogP contribution is 2.46. The van der Waals surface area contributed by atoms with Crippen LogP contribution in [-0.2, 0) is 4.79 Å². The van der Waals surface area contributed by atoms with Crippen LogP contribution in [0.5, 0.6) is 0 Å². The number of likely N-dealkylation sites (tertiary alicyclic amines) is 1. The topological polar surface area (TPSA) is 40.5 Å². The number of hydrogen-bond donors (Lipinski definition) is 1. The Morgan fingerprint density at radius 3 is 2.20 bits per heavy atom. The molecule has 0 amide bonds. The van der Waals surface area contributed by atoms with Crippen molar-refractivity contribution in [2.75, 3.05) is 13.1 Å². The summed E-state index contributed by atoms with van der Waals surface area (Å²) >= 11 is 0. The van der Waals surface area contributed by atoms with E-state index < -0.39 is 5.97 Å². The quantitative estimate of drug-likeness (QED) is 0.760. The molecule has 3 heteroatoms. The molecule has 1 heterocycles. The first kappa shape index (κ1) is 10.9. The lowest BCUT2D eigenvalue weighted by atomic mass is 9.77. The fourth-order valence-electron chi connectivity index (χ4n) is 3.17. The lowest BCUT2D eigenvalue weighted by Crippen LogP contribution is -2.46. The minimum absolute atomic E-state index is 0.302. The molecule has 3 nitrogen and oxygen atoms in total. The Morgan fingerprint density at radius 2 is 1.73 bits per heavy atom. The number of carboxylic acid groups (broad SMARTS) is 1. The van der Waals surface area contributed by atoms with Gasteiger partial charge >= 0.3 is 5.97 Å². The minimum Gasteiger partial charge on any atom is -0.480 e. The van der Waals surface area contributed by atoms with Crippen LogP contribution in [0.25, 0.3) is 0 Å². The van der Waals surface area contributed by atoms with E-state index in [2.05, 4.69) is 4.90 Å². The van der Waals surface area contributed by atoms with Crippen molar-refractivity contribution in [3.05, 3.63) is 0 Å². The predicted octanol–water partition coefficient (Wildman–Crippen LogP) is 2.12. The van der Waals surface area contributed by atoms with Crippen molar-refractivity contribution in [1.82, 2.24) is 4.90 Å². The zero-order valence-electron chi connectivity index (χ0n) is 9.54. The molecule has 1 saturated carbocycles. The smallest absolute Gasteiger partial charge is 0.320 e. The van der Waals surface area contributed by atoms with Gasteiger partial charge < -0.3 is 5.11 Å². The van der Waals surface area contributed by atoms with Gasteiger partial charge in [-0.25, -0.2) is 0 Å². The van der Waals surface area contributed by atoms with E-state index in [9.17, 15) is 4.79 Å². The highest BCUT2D eigenvalue weighted by Gasteiger charge is 2.38. The van der Waals surface area contributed by atoms with E-state index in [1.807, 2.05) is 0 Å². The Hall–Kier alpha value is -0.570. The number of hydrogen-bond acceptors (Lipinski definition) is 2. The van der Waals surface area contributed by atoms with Crippen LogP contribution in [0.1, 0.15) is 45.4 Å². The molecule has 2 rings (SSSR count). The SMILES string of the molecule is CC(C(=O)O)N1CCC2(CCCC2)CC1. The predicted molar refractivity (Wildman–Crippen MR) is 58.8 cm³/mol. The molecule has 0 bridgehead atoms. The Bertz CT molecular complexity index is 236. The van der Waals surface area contributed by atoms with E-state index >= 15 is 0 Å². The summed E-state index contributed by atoms with van der Waals surface area (Å²) in [6.07, 6.45) is 7.95. The van der Waals surface area contributed by atoms with E-state index in [4.69, 9.17) is 5.11 Å². The van der Waals surface area contributed by atoms with Crippen molar-refractivity contribution in [1.29, 1.82) is 0 Å². The van der Waals surface area contributed by atoms with Gasteiger partial charge in [0.05, 0.1) is 0 Å². The number of nitrogens with zero attached hydrogens (tertiary/aromatic N) is 1. The third-order valence-electron chi connectivity index (χ3n) is 4.43.